The lowest BCUT2D eigenvalue weighted by atomic mass is 10.2. The molecule has 0 aliphatic carbocycles. The second-order valence-electron chi connectivity index (χ2n) is 7.19. The lowest BCUT2D eigenvalue weighted by Crippen LogP contribution is -2.39. The number of carbonyl (C=O) groups is 1. The molecule has 1 fully saturated rings. The maximum atomic E-state index is 13.4. The number of amides is 1. The van der Waals surface area contributed by atoms with Crippen LogP contribution in [0.2, 0.25) is 0 Å². The van der Waals surface area contributed by atoms with E-state index in [0.29, 0.717) is 12.1 Å². The third-order valence-corrected chi connectivity index (χ3v) is 6.65. The number of carbonyl (C=O) groups excluding carboxylic acids is 1. The van der Waals surface area contributed by atoms with Crippen LogP contribution in [0.3, 0.4) is 0 Å². The van der Waals surface area contributed by atoms with Gasteiger partial charge in [0.25, 0.3) is 5.91 Å². The molecule has 0 saturated carbocycles. The molecule has 152 valence electrons. The first-order valence-corrected chi connectivity index (χ1v) is 11.5. The van der Waals surface area contributed by atoms with Gasteiger partial charge in [0.05, 0.1) is 23.4 Å². The largest absolute Gasteiger partial charge is 0.379 e. The molecule has 1 amide bonds. The Hall–Kier alpha value is -1.80. The van der Waals surface area contributed by atoms with Gasteiger partial charge in [-0.1, -0.05) is 45.5 Å². The summed E-state index contributed by atoms with van der Waals surface area (Å²) in [6, 6.07) is 13.7. The van der Waals surface area contributed by atoms with Crippen molar-refractivity contribution in [3.63, 3.8) is 0 Å². The zero-order valence-corrected chi connectivity index (χ0v) is 18.8. The molecule has 1 aliphatic heterocycles. The Morgan fingerprint density at radius 3 is 2.79 bits per heavy atom. The van der Waals surface area contributed by atoms with Crippen molar-refractivity contribution < 1.29 is 9.53 Å². The number of fused-ring (bicyclic) bond motifs is 1. The molecule has 29 heavy (non-hydrogen) atoms. The molecule has 0 N–H and O–H groups in total. The third-order valence-electron chi connectivity index (χ3n) is 5.12. The molecule has 1 aliphatic rings. The Labute approximate surface area is 183 Å². The summed E-state index contributed by atoms with van der Waals surface area (Å²) in [5.41, 5.74) is 2.78. The fourth-order valence-electron chi connectivity index (χ4n) is 3.53. The van der Waals surface area contributed by atoms with Gasteiger partial charge in [-0.05, 0) is 43.2 Å². The molecule has 0 spiro atoms. The van der Waals surface area contributed by atoms with Crippen LogP contribution >= 0.6 is 27.3 Å². The molecular weight excluding hydrogens is 450 g/mol. The summed E-state index contributed by atoms with van der Waals surface area (Å²) < 4.78 is 7.44. The van der Waals surface area contributed by atoms with Crippen molar-refractivity contribution in [3.05, 3.63) is 58.1 Å². The summed E-state index contributed by atoms with van der Waals surface area (Å²) in [7, 11) is 0. The van der Waals surface area contributed by atoms with Crippen LogP contribution in [-0.4, -0.2) is 55.2 Å². The van der Waals surface area contributed by atoms with Gasteiger partial charge in [0.15, 0.2) is 5.13 Å². The smallest absolute Gasteiger partial charge is 0.260 e. The van der Waals surface area contributed by atoms with Crippen molar-refractivity contribution in [2.45, 2.75) is 13.3 Å². The quantitative estimate of drug-likeness (QED) is 0.518. The van der Waals surface area contributed by atoms with E-state index in [4.69, 9.17) is 9.72 Å². The molecule has 0 unspecified atom stereocenters. The number of benzene rings is 2. The molecule has 2 heterocycles. The van der Waals surface area contributed by atoms with Gasteiger partial charge in [0.2, 0.25) is 0 Å². The van der Waals surface area contributed by atoms with Gasteiger partial charge in [-0.2, -0.15) is 0 Å². The second-order valence-corrected chi connectivity index (χ2v) is 9.12. The van der Waals surface area contributed by atoms with Crippen molar-refractivity contribution in [2.75, 3.05) is 44.3 Å². The molecule has 0 atom stereocenters. The molecule has 7 heteroatoms. The van der Waals surface area contributed by atoms with Crippen molar-refractivity contribution >= 4 is 48.5 Å². The SMILES string of the molecule is Cc1cccc2sc(N(CCCN3CCOCC3)C(=O)c3cccc(Br)c3)nc12. The highest BCUT2D eigenvalue weighted by Gasteiger charge is 2.22. The number of morpholine rings is 1. The Bertz CT molecular complexity index is 1000. The first-order valence-electron chi connectivity index (χ1n) is 9.85. The minimum Gasteiger partial charge on any atom is -0.379 e. The third kappa shape index (κ3) is 4.86. The predicted octanol–water partition coefficient (Wildman–Crippen LogP) is 4.74. The van der Waals surface area contributed by atoms with Crippen LogP contribution in [0, 0.1) is 6.92 Å². The number of rotatable bonds is 6. The van der Waals surface area contributed by atoms with Crippen LogP contribution in [0.1, 0.15) is 22.3 Å². The van der Waals surface area contributed by atoms with E-state index < -0.39 is 0 Å². The van der Waals surface area contributed by atoms with Crippen LogP contribution in [0.15, 0.2) is 46.9 Å². The van der Waals surface area contributed by atoms with E-state index in [1.165, 1.54) is 0 Å². The summed E-state index contributed by atoms with van der Waals surface area (Å²) in [6.45, 7) is 7.15. The van der Waals surface area contributed by atoms with Gasteiger partial charge in [-0.15, -0.1) is 0 Å². The normalized spacial score (nSPS) is 15.0. The number of hydrogen-bond donors (Lipinski definition) is 0. The van der Waals surface area contributed by atoms with E-state index in [1.807, 2.05) is 35.2 Å². The van der Waals surface area contributed by atoms with E-state index in [0.717, 1.165) is 64.7 Å². The lowest BCUT2D eigenvalue weighted by Gasteiger charge is -2.27. The summed E-state index contributed by atoms with van der Waals surface area (Å²) in [4.78, 5) is 22.4. The average Bonchev–Trinajstić information content (AvgIpc) is 3.17. The fourth-order valence-corrected chi connectivity index (χ4v) is 5.00. The molecule has 4 rings (SSSR count). The number of aromatic nitrogens is 1. The number of thiazole rings is 1. The maximum Gasteiger partial charge on any atom is 0.260 e. The number of hydrogen-bond acceptors (Lipinski definition) is 5. The number of anilines is 1. The van der Waals surface area contributed by atoms with Crippen molar-refractivity contribution in [2.24, 2.45) is 0 Å². The van der Waals surface area contributed by atoms with Crippen molar-refractivity contribution in [3.8, 4) is 0 Å². The highest BCUT2D eigenvalue weighted by atomic mass is 79.9. The predicted molar refractivity (Wildman–Crippen MR) is 122 cm³/mol. The number of para-hydroxylation sites is 1. The number of ether oxygens (including phenoxy) is 1. The van der Waals surface area contributed by atoms with E-state index in [1.54, 1.807) is 11.3 Å². The molecule has 1 aromatic heterocycles. The minimum atomic E-state index is -0.00927. The van der Waals surface area contributed by atoms with Crippen LogP contribution in [0.5, 0.6) is 0 Å². The van der Waals surface area contributed by atoms with Gasteiger partial charge in [0, 0.05) is 36.2 Å². The molecule has 5 nitrogen and oxygen atoms in total. The van der Waals surface area contributed by atoms with Gasteiger partial charge >= 0.3 is 0 Å². The summed E-state index contributed by atoms with van der Waals surface area (Å²) >= 11 is 5.06. The van der Waals surface area contributed by atoms with E-state index in [2.05, 4.69) is 39.9 Å². The van der Waals surface area contributed by atoms with E-state index in [-0.39, 0.29) is 5.91 Å². The maximum absolute atomic E-state index is 13.4. The Morgan fingerprint density at radius 2 is 2.03 bits per heavy atom. The lowest BCUT2D eigenvalue weighted by molar-refractivity contribution is 0.0376. The first kappa shape index (κ1) is 20.5. The number of aryl methyl sites for hydroxylation is 1. The average molecular weight is 474 g/mol. The monoisotopic (exact) mass is 473 g/mol. The topological polar surface area (TPSA) is 45.7 Å². The fraction of sp³-hybridized carbons (Fsp3) is 0.364. The second kappa shape index (κ2) is 9.34. The van der Waals surface area contributed by atoms with Gasteiger partial charge < -0.3 is 4.74 Å². The summed E-state index contributed by atoms with van der Waals surface area (Å²) in [6.07, 6.45) is 0.897. The Morgan fingerprint density at radius 1 is 1.24 bits per heavy atom. The molecule has 0 bridgehead atoms. The van der Waals surface area contributed by atoms with Gasteiger partial charge in [-0.25, -0.2) is 4.98 Å². The summed E-state index contributed by atoms with van der Waals surface area (Å²) in [5.74, 6) is -0.00927. The van der Waals surface area contributed by atoms with E-state index in [9.17, 15) is 4.79 Å². The van der Waals surface area contributed by atoms with Crippen LogP contribution in [-0.2, 0) is 4.74 Å². The molecule has 3 aromatic rings. The molecule has 1 saturated heterocycles. The Kier molecular flexibility index (Phi) is 6.60. The molecule has 2 aromatic carbocycles. The van der Waals surface area contributed by atoms with Gasteiger partial charge in [0.1, 0.15) is 0 Å². The number of nitrogens with zero attached hydrogens (tertiary/aromatic N) is 3. The summed E-state index contributed by atoms with van der Waals surface area (Å²) in [5, 5.41) is 0.765. The highest BCUT2D eigenvalue weighted by molar-refractivity contribution is 9.10. The van der Waals surface area contributed by atoms with E-state index >= 15 is 0 Å². The van der Waals surface area contributed by atoms with Crippen LogP contribution in [0.4, 0.5) is 5.13 Å². The van der Waals surface area contributed by atoms with Gasteiger partial charge in [-0.3, -0.25) is 14.6 Å². The molecule has 0 radical (unpaired) electrons. The van der Waals surface area contributed by atoms with Crippen LogP contribution < -0.4 is 4.90 Å². The highest BCUT2D eigenvalue weighted by Crippen LogP contribution is 2.31. The van der Waals surface area contributed by atoms with Crippen molar-refractivity contribution in [1.29, 1.82) is 0 Å². The zero-order valence-electron chi connectivity index (χ0n) is 16.4. The van der Waals surface area contributed by atoms with Crippen molar-refractivity contribution in [1.82, 2.24) is 9.88 Å². The number of halogens is 1. The standard InChI is InChI=1S/C22H24BrN3O2S/c1-16-5-2-8-19-20(16)24-22(29-19)26(10-4-9-25-11-13-28-14-12-25)21(27)17-6-3-7-18(23)15-17/h2-3,5-8,15H,4,9-14H2,1H3. The first-order chi connectivity index (χ1) is 14.1. The molecular formula is C22H24BrN3O2S. The zero-order chi connectivity index (χ0) is 20.2. The Balaban J connectivity index is 1.58. The van der Waals surface area contributed by atoms with Crippen LogP contribution in [0.25, 0.3) is 10.2 Å². The minimum absolute atomic E-state index is 0.00927.